The summed E-state index contributed by atoms with van der Waals surface area (Å²) in [6.45, 7) is 4.28. The minimum absolute atomic E-state index is 0.177. The smallest absolute Gasteiger partial charge is 0.271 e. The van der Waals surface area contributed by atoms with Crippen molar-refractivity contribution in [3.05, 3.63) is 66.1 Å². The Kier molecular flexibility index (Phi) is 6.34. The highest BCUT2D eigenvalue weighted by Gasteiger charge is 2.14. The Morgan fingerprint density at radius 3 is 2.67 bits per heavy atom. The maximum atomic E-state index is 12.6. The van der Waals surface area contributed by atoms with Gasteiger partial charge in [-0.05, 0) is 24.3 Å². The van der Waals surface area contributed by atoms with Crippen LogP contribution in [0, 0.1) is 0 Å². The second-order valence-corrected chi connectivity index (χ2v) is 7.54. The zero-order valence-corrected chi connectivity index (χ0v) is 18.8. The molecule has 3 heterocycles. The lowest BCUT2D eigenvalue weighted by Crippen LogP contribution is -2.23. The first-order chi connectivity index (χ1) is 16.0. The van der Waals surface area contributed by atoms with Crippen molar-refractivity contribution in [1.82, 2.24) is 30.0 Å². The predicted molar refractivity (Wildman–Crippen MR) is 119 cm³/mol. The fourth-order valence-electron chi connectivity index (χ4n) is 3.08. The number of benzene rings is 1. The van der Waals surface area contributed by atoms with Crippen LogP contribution < -0.4 is 14.8 Å². The quantitative estimate of drug-likeness (QED) is 0.436. The Morgan fingerprint density at radius 1 is 1.15 bits per heavy atom. The van der Waals surface area contributed by atoms with Gasteiger partial charge in [0.25, 0.3) is 11.8 Å². The number of aromatic nitrogens is 5. The molecular weight excluding hydrogens is 424 g/mol. The summed E-state index contributed by atoms with van der Waals surface area (Å²) < 4.78 is 17.5. The number of nitrogens with zero attached hydrogens (tertiary/aromatic N) is 5. The van der Waals surface area contributed by atoms with Crippen LogP contribution in [-0.2, 0) is 6.54 Å². The Labute approximate surface area is 190 Å². The van der Waals surface area contributed by atoms with Crippen molar-refractivity contribution < 1.29 is 18.8 Å². The Morgan fingerprint density at radius 2 is 2.00 bits per heavy atom. The summed E-state index contributed by atoms with van der Waals surface area (Å²) in [5.74, 6) is 2.84. The third-order valence-corrected chi connectivity index (χ3v) is 4.97. The lowest BCUT2D eigenvalue weighted by molar-refractivity contribution is 0.0946. The van der Waals surface area contributed by atoms with Crippen molar-refractivity contribution in [2.24, 2.45) is 0 Å². The Bertz CT molecular complexity index is 1250. The molecule has 4 rings (SSSR count). The first-order valence-electron chi connectivity index (χ1n) is 10.3. The second-order valence-electron chi connectivity index (χ2n) is 7.54. The van der Waals surface area contributed by atoms with Gasteiger partial charge in [0.2, 0.25) is 0 Å². The van der Waals surface area contributed by atoms with Gasteiger partial charge in [0.05, 0.1) is 19.8 Å². The number of rotatable bonds is 8. The number of ether oxygens (including phenoxy) is 2. The maximum Gasteiger partial charge on any atom is 0.271 e. The fourth-order valence-corrected chi connectivity index (χ4v) is 3.08. The second kappa shape index (κ2) is 9.51. The van der Waals surface area contributed by atoms with Crippen LogP contribution in [0.4, 0.5) is 0 Å². The minimum Gasteiger partial charge on any atom is -0.497 e. The molecule has 1 aromatic carbocycles. The normalized spacial score (nSPS) is 10.9. The van der Waals surface area contributed by atoms with Gasteiger partial charge < -0.3 is 19.3 Å². The lowest BCUT2D eigenvalue weighted by atomic mass is 10.2. The zero-order valence-electron chi connectivity index (χ0n) is 18.8. The van der Waals surface area contributed by atoms with Crippen molar-refractivity contribution in [2.75, 3.05) is 14.2 Å². The molecule has 1 amide bonds. The molecule has 0 aliphatic heterocycles. The molecular formula is C23H24N6O4. The van der Waals surface area contributed by atoms with Crippen LogP contribution in [0.15, 0.2) is 53.6 Å². The number of nitrogens with one attached hydrogen (secondary N) is 1. The number of methoxy groups -OCH3 is 2. The largest absolute Gasteiger partial charge is 0.497 e. The number of carbonyl (C=O) groups excluding carboxylic acids is 1. The van der Waals surface area contributed by atoms with Crippen molar-refractivity contribution in [3.63, 3.8) is 0 Å². The zero-order chi connectivity index (χ0) is 23.4. The van der Waals surface area contributed by atoms with E-state index >= 15 is 0 Å². The lowest BCUT2D eigenvalue weighted by Gasteiger charge is -2.10. The molecule has 0 saturated heterocycles. The van der Waals surface area contributed by atoms with E-state index in [4.69, 9.17) is 14.0 Å². The summed E-state index contributed by atoms with van der Waals surface area (Å²) >= 11 is 0. The Hall–Kier alpha value is -4.21. The van der Waals surface area contributed by atoms with Gasteiger partial charge in [-0.25, -0.2) is 9.97 Å². The molecule has 10 nitrogen and oxygen atoms in total. The monoisotopic (exact) mass is 448 g/mol. The molecule has 0 aliphatic carbocycles. The molecule has 4 aromatic rings. The molecule has 0 atom stereocenters. The highest BCUT2D eigenvalue weighted by atomic mass is 16.5. The number of carbonyl (C=O) groups is 1. The van der Waals surface area contributed by atoms with E-state index in [1.165, 1.54) is 6.33 Å². The molecule has 0 spiro atoms. The minimum atomic E-state index is -0.310. The van der Waals surface area contributed by atoms with Crippen molar-refractivity contribution in [1.29, 1.82) is 0 Å². The fraction of sp³-hybridized carbons (Fsp3) is 0.261. The third-order valence-electron chi connectivity index (χ3n) is 4.97. The predicted octanol–water partition coefficient (Wildman–Crippen LogP) is 3.39. The van der Waals surface area contributed by atoms with Gasteiger partial charge in [0, 0.05) is 36.5 Å². The molecule has 0 saturated carbocycles. The highest BCUT2D eigenvalue weighted by molar-refractivity contribution is 5.92. The van der Waals surface area contributed by atoms with Crippen LogP contribution in [0.1, 0.15) is 41.6 Å². The number of hydrogen-bond acceptors (Lipinski definition) is 8. The van der Waals surface area contributed by atoms with Gasteiger partial charge in [0.1, 0.15) is 29.3 Å². The number of imidazole rings is 1. The van der Waals surface area contributed by atoms with Gasteiger partial charge in [-0.15, -0.1) is 0 Å². The van der Waals surface area contributed by atoms with Crippen molar-refractivity contribution in [3.8, 4) is 28.8 Å². The van der Waals surface area contributed by atoms with Crippen LogP contribution in [0.5, 0.6) is 11.5 Å². The van der Waals surface area contributed by atoms with E-state index in [0.717, 1.165) is 5.56 Å². The van der Waals surface area contributed by atoms with Gasteiger partial charge in [-0.1, -0.05) is 19.0 Å². The van der Waals surface area contributed by atoms with E-state index in [-0.39, 0.29) is 24.1 Å². The molecule has 0 bridgehead atoms. The molecule has 10 heteroatoms. The molecule has 0 unspecified atom stereocenters. The summed E-state index contributed by atoms with van der Waals surface area (Å²) in [7, 11) is 3.16. The van der Waals surface area contributed by atoms with E-state index in [2.05, 4.69) is 25.4 Å². The van der Waals surface area contributed by atoms with Gasteiger partial charge in [-0.3, -0.25) is 9.36 Å². The first kappa shape index (κ1) is 22.0. The van der Waals surface area contributed by atoms with Gasteiger partial charge >= 0.3 is 0 Å². The van der Waals surface area contributed by atoms with Crippen LogP contribution in [-0.4, -0.2) is 44.8 Å². The van der Waals surface area contributed by atoms with Gasteiger partial charge in [-0.2, -0.15) is 4.98 Å². The van der Waals surface area contributed by atoms with E-state index in [9.17, 15) is 4.79 Å². The number of pyridine rings is 1. The standard InChI is InChI=1S/C23H24N6O4/c1-14(2)21-27-23(33-28-21)16-6-8-20(24-11-16)29-12-18(26-13-29)22(30)25-10-15-5-7-17(31-3)9-19(15)32-4/h5-9,11-14H,10H2,1-4H3,(H,25,30). The molecule has 1 N–H and O–H groups in total. The summed E-state index contributed by atoms with van der Waals surface area (Å²) in [6, 6.07) is 9.04. The highest BCUT2D eigenvalue weighted by Crippen LogP contribution is 2.24. The SMILES string of the molecule is COc1ccc(CNC(=O)c2cn(-c3ccc(-c4nc(C(C)C)no4)cn3)cn2)c(OC)c1. The molecule has 0 radical (unpaired) electrons. The van der Waals surface area contributed by atoms with Crippen molar-refractivity contribution in [2.45, 2.75) is 26.3 Å². The summed E-state index contributed by atoms with van der Waals surface area (Å²) in [6.07, 6.45) is 4.79. The van der Waals surface area contributed by atoms with E-state index in [0.29, 0.717) is 34.6 Å². The summed E-state index contributed by atoms with van der Waals surface area (Å²) in [4.78, 5) is 25.6. The average molecular weight is 448 g/mol. The van der Waals surface area contributed by atoms with Crippen LogP contribution in [0.25, 0.3) is 17.3 Å². The van der Waals surface area contributed by atoms with E-state index in [1.807, 2.05) is 32.0 Å². The molecule has 0 aliphatic rings. The Balaban J connectivity index is 1.42. The van der Waals surface area contributed by atoms with E-state index in [1.54, 1.807) is 43.3 Å². The average Bonchev–Trinajstić information content (AvgIpc) is 3.53. The van der Waals surface area contributed by atoms with E-state index < -0.39 is 0 Å². The molecule has 33 heavy (non-hydrogen) atoms. The van der Waals surface area contributed by atoms with Crippen LogP contribution in [0.3, 0.4) is 0 Å². The van der Waals surface area contributed by atoms with Crippen LogP contribution >= 0.6 is 0 Å². The molecule has 0 fully saturated rings. The number of hydrogen-bond donors (Lipinski definition) is 1. The van der Waals surface area contributed by atoms with Crippen molar-refractivity contribution >= 4 is 5.91 Å². The number of amides is 1. The summed E-state index contributed by atoms with van der Waals surface area (Å²) in [5, 5.41) is 6.82. The van der Waals surface area contributed by atoms with Crippen LogP contribution in [0.2, 0.25) is 0 Å². The molecule has 3 aromatic heterocycles. The summed E-state index contributed by atoms with van der Waals surface area (Å²) in [5.41, 5.74) is 1.81. The van der Waals surface area contributed by atoms with Gasteiger partial charge in [0.15, 0.2) is 5.82 Å². The topological polar surface area (TPSA) is 117 Å². The molecule has 170 valence electrons. The third kappa shape index (κ3) is 4.84. The maximum absolute atomic E-state index is 12.6. The first-order valence-corrected chi connectivity index (χ1v) is 10.3.